The number of rotatable bonds is 10. The molecule has 0 radical (unpaired) electrons. The van der Waals surface area contributed by atoms with E-state index in [9.17, 15) is 19.5 Å². The van der Waals surface area contributed by atoms with Crippen LogP contribution in [0, 0.1) is 6.92 Å². The first kappa shape index (κ1) is 25.2. The van der Waals surface area contributed by atoms with Crippen molar-refractivity contribution < 1.29 is 24.2 Å². The number of anilines is 2. The van der Waals surface area contributed by atoms with E-state index < -0.39 is 5.97 Å². The van der Waals surface area contributed by atoms with Crippen LogP contribution in [0.1, 0.15) is 32.7 Å². The number of nitrogens with one attached hydrogen (secondary N) is 2. The maximum atomic E-state index is 12.8. The molecule has 0 unspecified atom stereocenters. The average molecular weight is 469 g/mol. The van der Waals surface area contributed by atoms with Crippen molar-refractivity contribution in [1.29, 1.82) is 0 Å². The van der Waals surface area contributed by atoms with Crippen molar-refractivity contribution in [3.05, 3.63) is 59.2 Å². The molecule has 1 aliphatic rings. The first-order valence-electron chi connectivity index (χ1n) is 11.4. The van der Waals surface area contributed by atoms with E-state index in [0.717, 1.165) is 17.7 Å². The molecule has 1 fully saturated rings. The Kier molecular flexibility index (Phi) is 9.00. The van der Waals surface area contributed by atoms with Gasteiger partial charge in [0.05, 0.1) is 23.5 Å². The van der Waals surface area contributed by atoms with Crippen LogP contribution in [0.3, 0.4) is 0 Å². The molecule has 0 bridgehead atoms. The Hall–Kier alpha value is -3.43. The van der Waals surface area contributed by atoms with Crippen LogP contribution in [0.15, 0.2) is 42.5 Å². The molecular weight excluding hydrogens is 436 g/mol. The molecule has 9 nitrogen and oxygen atoms in total. The van der Waals surface area contributed by atoms with E-state index in [1.54, 1.807) is 31.4 Å². The number of hydrogen-bond donors (Lipinski definition) is 3. The van der Waals surface area contributed by atoms with Crippen LogP contribution < -0.4 is 15.5 Å². The van der Waals surface area contributed by atoms with E-state index in [0.29, 0.717) is 57.1 Å². The van der Waals surface area contributed by atoms with Crippen LogP contribution in [0.2, 0.25) is 0 Å². The predicted octanol–water partition coefficient (Wildman–Crippen LogP) is 2.22. The molecule has 1 aliphatic heterocycles. The van der Waals surface area contributed by atoms with Gasteiger partial charge in [0.1, 0.15) is 0 Å². The lowest BCUT2D eigenvalue weighted by atomic mass is 10.1. The molecule has 2 amide bonds. The minimum Gasteiger partial charge on any atom is -0.478 e. The second-order valence-corrected chi connectivity index (χ2v) is 8.32. The minimum absolute atomic E-state index is 0.0125. The van der Waals surface area contributed by atoms with E-state index in [2.05, 4.69) is 20.4 Å². The molecule has 34 heavy (non-hydrogen) atoms. The van der Waals surface area contributed by atoms with E-state index in [-0.39, 0.29) is 17.4 Å². The number of ether oxygens (including phenoxy) is 1. The molecular formula is C25H32N4O5. The normalized spacial score (nSPS) is 14.0. The molecule has 0 aromatic heterocycles. The molecule has 0 atom stereocenters. The Morgan fingerprint density at radius 3 is 2.47 bits per heavy atom. The highest BCUT2D eigenvalue weighted by Crippen LogP contribution is 2.29. The topological polar surface area (TPSA) is 111 Å². The van der Waals surface area contributed by atoms with Gasteiger partial charge in [0.15, 0.2) is 0 Å². The summed E-state index contributed by atoms with van der Waals surface area (Å²) in [5.74, 6) is -1.36. The Labute approximate surface area is 199 Å². The van der Waals surface area contributed by atoms with E-state index in [1.165, 1.54) is 6.07 Å². The molecule has 0 spiro atoms. The number of methoxy groups -OCH3 is 1. The van der Waals surface area contributed by atoms with Crippen LogP contribution in [0.25, 0.3) is 0 Å². The second kappa shape index (κ2) is 12.2. The summed E-state index contributed by atoms with van der Waals surface area (Å²) in [4.78, 5) is 40.7. The number of aromatic carboxylic acids is 1. The molecule has 2 aromatic carbocycles. The third-order valence-corrected chi connectivity index (χ3v) is 5.70. The molecule has 2 aromatic rings. The Bertz CT molecular complexity index is 1020. The van der Waals surface area contributed by atoms with Crippen molar-refractivity contribution in [3.8, 4) is 0 Å². The molecule has 1 saturated heterocycles. The van der Waals surface area contributed by atoms with E-state index in [4.69, 9.17) is 4.74 Å². The Morgan fingerprint density at radius 1 is 1.03 bits per heavy atom. The molecule has 1 heterocycles. The zero-order chi connectivity index (χ0) is 24.5. The summed E-state index contributed by atoms with van der Waals surface area (Å²) in [6.07, 6.45) is 0.777. The monoisotopic (exact) mass is 468 g/mol. The number of nitrogens with zero attached hydrogens (tertiary/aromatic N) is 2. The molecule has 3 rings (SSSR count). The van der Waals surface area contributed by atoms with Gasteiger partial charge in [-0.15, -0.1) is 0 Å². The lowest BCUT2D eigenvalue weighted by Crippen LogP contribution is -2.49. The van der Waals surface area contributed by atoms with Crippen molar-refractivity contribution in [1.82, 2.24) is 10.2 Å². The summed E-state index contributed by atoms with van der Waals surface area (Å²) in [6, 6.07) is 12.0. The van der Waals surface area contributed by atoms with Gasteiger partial charge in [0.25, 0.3) is 5.91 Å². The van der Waals surface area contributed by atoms with Gasteiger partial charge in [-0.25, -0.2) is 4.79 Å². The smallest absolute Gasteiger partial charge is 0.335 e. The maximum Gasteiger partial charge on any atom is 0.335 e. The zero-order valence-electron chi connectivity index (χ0n) is 19.7. The highest BCUT2D eigenvalue weighted by molar-refractivity contribution is 6.06. The fourth-order valence-electron chi connectivity index (χ4n) is 3.88. The third-order valence-electron chi connectivity index (χ3n) is 5.70. The Balaban J connectivity index is 1.65. The lowest BCUT2D eigenvalue weighted by Gasteiger charge is -2.36. The first-order valence-corrected chi connectivity index (χ1v) is 11.4. The molecule has 9 heteroatoms. The van der Waals surface area contributed by atoms with Crippen LogP contribution >= 0.6 is 0 Å². The number of aryl methyl sites for hydroxylation is 1. The SMILES string of the molecule is COCCCNC(=O)CN1CCN(c2ccc(C(=O)O)cc2NC(=O)c2cccc(C)c2)CC1. The summed E-state index contributed by atoms with van der Waals surface area (Å²) < 4.78 is 4.99. The number of hydrogen-bond acceptors (Lipinski definition) is 6. The van der Waals surface area contributed by atoms with Gasteiger partial charge >= 0.3 is 5.97 Å². The predicted molar refractivity (Wildman–Crippen MR) is 131 cm³/mol. The van der Waals surface area contributed by atoms with Gasteiger partial charge < -0.3 is 25.4 Å². The van der Waals surface area contributed by atoms with Gasteiger partial charge in [0, 0.05) is 52.0 Å². The largest absolute Gasteiger partial charge is 0.478 e. The number of amides is 2. The lowest BCUT2D eigenvalue weighted by molar-refractivity contribution is -0.122. The summed E-state index contributed by atoms with van der Waals surface area (Å²) in [6.45, 7) is 6.10. The van der Waals surface area contributed by atoms with E-state index >= 15 is 0 Å². The highest BCUT2D eigenvalue weighted by Gasteiger charge is 2.22. The van der Waals surface area contributed by atoms with Gasteiger partial charge in [-0.2, -0.15) is 0 Å². The standard InChI is InChI=1S/C25H32N4O5/c1-18-5-3-6-19(15-18)24(31)27-21-16-20(25(32)33)7-8-22(21)29-12-10-28(11-13-29)17-23(30)26-9-4-14-34-2/h3,5-8,15-16H,4,9-14,17H2,1-2H3,(H,26,30)(H,27,31)(H,32,33). The highest BCUT2D eigenvalue weighted by atomic mass is 16.5. The number of benzene rings is 2. The molecule has 0 aliphatic carbocycles. The molecule has 3 N–H and O–H groups in total. The third kappa shape index (κ3) is 7.03. The maximum absolute atomic E-state index is 12.8. The quantitative estimate of drug-likeness (QED) is 0.459. The summed E-state index contributed by atoms with van der Waals surface area (Å²) in [5.41, 5.74) is 2.79. The van der Waals surface area contributed by atoms with Gasteiger partial charge in [-0.05, 0) is 43.7 Å². The van der Waals surface area contributed by atoms with Crippen molar-refractivity contribution in [3.63, 3.8) is 0 Å². The van der Waals surface area contributed by atoms with Crippen LogP contribution in [-0.2, 0) is 9.53 Å². The van der Waals surface area contributed by atoms with Gasteiger partial charge in [0.2, 0.25) is 5.91 Å². The van der Waals surface area contributed by atoms with Crippen LogP contribution in [0.5, 0.6) is 0 Å². The van der Waals surface area contributed by atoms with Crippen molar-refractivity contribution in [2.24, 2.45) is 0 Å². The minimum atomic E-state index is -1.06. The van der Waals surface area contributed by atoms with Crippen molar-refractivity contribution >= 4 is 29.2 Å². The summed E-state index contributed by atoms with van der Waals surface area (Å²) in [5, 5.41) is 15.2. The number of piperazine rings is 1. The number of carboxylic acid groups (broad SMARTS) is 1. The summed E-state index contributed by atoms with van der Waals surface area (Å²) in [7, 11) is 1.63. The van der Waals surface area contributed by atoms with Crippen LogP contribution in [0.4, 0.5) is 11.4 Å². The zero-order valence-corrected chi connectivity index (χ0v) is 19.7. The Morgan fingerprint density at radius 2 is 1.79 bits per heavy atom. The van der Waals surface area contributed by atoms with Crippen molar-refractivity contribution in [2.45, 2.75) is 13.3 Å². The van der Waals surface area contributed by atoms with Crippen LogP contribution in [-0.4, -0.2) is 80.8 Å². The summed E-state index contributed by atoms with van der Waals surface area (Å²) >= 11 is 0. The number of carbonyl (C=O) groups excluding carboxylic acids is 2. The van der Waals surface area contributed by atoms with E-state index in [1.807, 2.05) is 19.1 Å². The fourth-order valence-corrected chi connectivity index (χ4v) is 3.88. The average Bonchev–Trinajstić information content (AvgIpc) is 2.82. The molecule has 0 saturated carbocycles. The fraction of sp³-hybridized carbons (Fsp3) is 0.400. The molecule has 182 valence electrons. The van der Waals surface area contributed by atoms with Gasteiger partial charge in [-0.1, -0.05) is 17.7 Å². The van der Waals surface area contributed by atoms with Gasteiger partial charge in [-0.3, -0.25) is 14.5 Å². The number of carbonyl (C=O) groups is 3. The first-order chi connectivity index (χ1) is 16.4. The van der Waals surface area contributed by atoms with Crippen molar-refractivity contribution in [2.75, 3.05) is 63.2 Å². The number of carboxylic acids is 1. The second-order valence-electron chi connectivity index (χ2n) is 8.32.